The van der Waals surface area contributed by atoms with E-state index in [2.05, 4.69) is 4.74 Å². The summed E-state index contributed by atoms with van der Waals surface area (Å²) in [5, 5.41) is 9.73. The van der Waals surface area contributed by atoms with E-state index in [0.717, 1.165) is 11.8 Å². The summed E-state index contributed by atoms with van der Waals surface area (Å²) in [7, 11) is 1.26. The van der Waals surface area contributed by atoms with Gasteiger partial charge in [-0.25, -0.2) is 4.79 Å². The summed E-state index contributed by atoms with van der Waals surface area (Å²) in [6.45, 7) is 3.79. The zero-order valence-electron chi connectivity index (χ0n) is 13.4. The van der Waals surface area contributed by atoms with Gasteiger partial charge in [-0.2, -0.15) is 0 Å². The number of rotatable bonds is 5. The van der Waals surface area contributed by atoms with Crippen LogP contribution in [0.5, 0.6) is 11.5 Å². The number of hydrogen-bond acceptors (Lipinski definition) is 7. The molecule has 2 rings (SSSR count). The number of carbonyl (C=O) groups is 2. The molecule has 128 valence electrons. The first kappa shape index (κ1) is 18.3. The van der Waals surface area contributed by atoms with Crippen LogP contribution in [-0.2, 0) is 14.3 Å². The number of thioether (sulfide) groups is 1. The first-order chi connectivity index (χ1) is 11.4. The number of thiocarbonyl (C=S) groups is 1. The number of aromatic hydroxyl groups is 1. The van der Waals surface area contributed by atoms with Gasteiger partial charge in [-0.3, -0.25) is 9.69 Å². The highest BCUT2D eigenvalue weighted by molar-refractivity contribution is 8.26. The third-order valence-electron chi connectivity index (χ3n) is 3.33. The Balaban J connectivity index is 2.29. The van der Waals surface area contributed by atoms with Crippen molar-refractivity contribution >= 4 is 46.3 Å². The van der Waals surface area contributed by atoms with Gasteiger partial charge < -0.3 is 14.6 Å². The molecule has 1 aliphatic rings. The van der Waals surface area contributed by atoms with E-state index in [1.807, 2.05) is 6.92 Å². The van der Waals surface area contributed by atoms with Gasteiger partial charge in [0.1, 0.15) is 10.4 Å². The maximum atomic E-state index is 12.5. The topological polar surface area (TPSA) is 76.1 Å². The molecule has 1 aliphatic heterocycles. The predicted octanol–water partition coefficient (Wildman–Crippen LogP) is 2.55. The quantitative estimate of drug-likeness (QED) is 0.487. The molecule has 1 heterocycles. The normalized spacial score (nSPS) is 17.3. The van der Waals surface area contributed by atoms with Crippen molar-refractivity contribution in [1.29, 1.82) is 0 Å². The highest BCUT2D eigenvalue weighted by Crippen LogP contribution is 2.35. The molecule has 1 atom stereocenters. The minimum absolute atomic E-state index is 0.0286. The highest BCUT2D eigenvalue weighted by Gasteiger charge is 2.38. The van der Waals surface area contributed by atoms with Crippen molar-refractivity contribution in [2.45, 2.75) is 19.9 Å². The van der Waals surface area contributed by atoms with E-state index < -0.39 is 12.0 Å². The van der Waals surface area contributed by atoms with Crippen LogP contribution < -0.4 is 4.74 Å². The van der Waals surface area contributed by atoms with Gasteiger partial charge in [0, 0.05) is 0 Å². The molecule has 0 spiro atoms. The Hall–Kier alpha value is -2.06. The number of amides is 1. The lowest BCUT2D eigenvalue weighted by Crippen LogP contribution is -2.42. The van der Waals surface area contributed by atoms with E-state index in [1.54, 1.807) is 25.1 Å². The van der Waals surface area contributed by atoms with Gasteiger partial charge in [0.15, 0.2) is 11.5 Å². The van der Waals surface area contributed by atoms with Gasteiger partial charge in [0.2, 0.25) is 0 Å². The molecule has 0 aliphatic carbocycles. The SMILES string of the molecule is CCOc1cc(/C=C2\SC(=S)N([C@@H](C)C(=O)OC)C2=O)ccc1O. The molecular formula is C16H17NO5S2. The molecule has 0 aromatic heterocycles. The molecule has 0 radical (unpaired) electrons. The molecule has 0 saturated carbocycles. The Bertz CT molecular complexity index is 716. The second-order valence-corrected chi connectivity index (χ2v) is 6.59. The van der Waals surface area contributed by atoms with Crippen molar-refractivity contribution in [3.05, 3.63) is 28.7 Å². The molecule has 8 heteroatoms. The van der Waals surface area contributed by atoms with E-state index in [4.69, 9.17) is 17.0 Å². The average molecular weight is 367 g/mol. The molecule has 24 heavy (non-hydrogen) atoms. The van der Waals surface area contributed by atoms with Crippen LogP contribution in [-0.4, -0.2) is 46.0 Å². The second-order valence-electron chi connectivity index (χ2n) is 4.91. The molecule has 1 N–H and O–H groups in total. The summed E-state index contributed by atoms with van der Waals surface area (Å²) in [6, 6.07) is 4.00. The number of nitrogens with zero attached hydrogens (tertiary/aromatic N) is 1. The third kappa shape index (κ3) is 3.70. The van der Waals surface area contributed by atoms with Crippen LogP contribution in [0.15, 0.2) is 23.1 Å². The smallest absolute Gasteiger partial charge is 0.328 e. The maximum absolute atomic E-state index is 12.5. The van der Waals surface area contributed by atoms with Crippen molar-refractivity contribution in [2.75, 3.05) is 13.7 Å². The standard InChI is InChI=1S/C16H17NO5S2/c1-4-22-12-7-10(5-6-11(12)18)8-13-14(19)17(16(23)24-13)9(2)15(20)21-3/h5-9,18H,4H2,1-3H3/b13-8-/t9-/m0/s1. The minimum atomic E-state index is -0.785. The van der Waals surface area contributed by atoms with Gasteiger partial charge in [-0.15, -0.1) is 0 Å². The fraction of sp³-hybridized carbons (Fsp3) is 0.312. The number of esters is 1. The zero-order chi connectivity index (χ0) is 17.9. The molecule has 0 unspecified atom stereocenters. The Morgan fingerprint density at radius 1 is 1.50 bits per heavy atom. The Labute approximate surface area is 149 Å². The monoisotopic (exact) mass is 367 g/mol. The van der Waals surface area contributed by atoms with Crippen LogP contribution in [0.4, 0.5) is 0 Å². The first-order valence-corrected chi connectivity index (χ1v) is 8.42. The lowest BCUT2D eigenvalue weighted by molar-refractivity contribution is -0.147. The van der Waals surface area contributed by atoms with E-state index in [0.29, 0.717) is 27.1 Å². The van der Waals surface area contributed by atoms with Crippen molar-refractivity contribution < 1.29 is 24.2 Å². The number of ether oxygens (including phenoxy) is 2. The van der Waals surface area contributed by atoms with Gasteiger partial charge in [-0.1, -0.05) is 30.0 Å². The van der Waals surface area contributed by atoms with Gasteiger partial charge in [0.25, 0.3) is 5.91 Å². The molecule has 1 amide bonds. The van der Waals surface area contributed by atoms with Crippen LogP contribution in [0.1, 0.15) is 19.4 Å². The summed E-state index contributed by atoms with van der Waals surface area (Å²) >= 11 is 6.31. The lowest BCUT2D eigenvalue weighted by atomic mass is 10.2. The number of phenolic OH excluding ortho intramolecular Hbond substituents is 1. The van der Waals surface area contributed by atoms with E-state index in [9.17, 15) is 14.7 Å². The molecular weight excluding hydrogens is 350 g/mol. The number of benzene rings is 1. The summed E-state index contributed by atoms with van der Waals surface area (Å²) in [5.41, 5.74) is 0.683. The predicted molar refractivity (Wildman–Crippen MR) is 95.8 cm³/mol. The van der Waals surface area contributed by atoms with Crippen LogP contribution in [0.25, 0.3) is 6.08 Å². The van der Waals surface area contributed by atoms with Crippen LogP contribution in [0.2, 0.25) is 0 Å². The minimum Gasteiger partial charge on any atom is -0.504 e. The van der Waals surface area contributed by atoms with Crippen molar-refractivity contribution in [1.82, 2.24) is 4.90 Å². The molecule has 1 aromatic rings. The number of carbonyl (C=O) groups excluding carboxylic acids is 2. The summed E-state index contributed by atoms with van der Waals surface area (Å²) in [5.74, 6) is -0.518. The number of phenols is 1. The molecule has 0 bridgehead atoms. The van der Waals surface area contributed by atoms with Crippen LogP contribution in [0, 0.1) is 0 Å². The summed E-state index contributed by atoms with van der Waals surface area (Å²) in [4.78, 5) is 25.8. The van der Waals surface area contributed by atoms with E-state index in [1.165, 1.54) is 18.1 Å². The van der Waals surface area contributed by atoms with Crippen LogP contribution >= 0.6 is 24.0 Å². The lowest BCUT2D eigenvalue weighted by Gasteiger charge is -2.20. The molecule has 6 nitrogen and oxygen atoms in total. The largest absolute Gasteiger partial charge is 0.504 e. The molecule has 1 fully saturated rings. The summed E-state index contributed by atoms with van der Waals surface area (Å²) in [6.07, 6.45) is 1.64. The Morgan fingerprint density at radius 3 is 2.83 bits per heavy atom. The number of methoxy groups -OCH3 is 1. The van der Waals surface area contributed by atoms with Gasteiger partial charge >= 0.3 is 5.97 Å². The second kappa shape index (κ2) is 7.67. The van der Waals surface area contributed by atoms with E-state index >= 15 is 0 Å². The fourth-order valence-corrected chi connectivity index (χ4v) is 3.55. The zero-order valence-corrected chi connectivity index (χ0v) is 15.1. The Morgan fingerprint density at radius 2 is 2.21 bits per heavy atom. The molecule has 1 aromatic carbocycles. The summed E-state index contributed by atoms with van der Waals surface area (Å²) < 4.78 is 10.3. The van der Waals surface area contributed by atoms with Crippen LogP contribution in [0.3, 0.4) is 0 Å². The average Bonchev–Trinajstić information content (AvgIpc) is 2.83. The maximum Gasteiger partial charge on any atom is 0.328 e. The van der Waals surface area contributed by atoms with E-state index in [-0.39, 0.29) is 11.7 Å². The Kier molecular flexibility index (Phi) is 5.84. The highest BCUT2D eigenvalue weighted by atomic mass is 32.2. The fourth-order valence-electron chi connectivity index (χ4n) is 2.13. The third-order valence-corrected chi connectivity index (χ3v) is 4.67. The molecule has 1 saturated heterocycles. The first-order valence-electron chi connectivity index (χ1n) is 7.19. The van der Waals surface area contributed by atoms with Crippen molar-refractivity contribution in [3.63, 3.8) is 0 Å². The van der Waals surface area contributed by atoms with Crippen molar-refractivity contribution in [2.24, 2.45) is 0 Å². The number of hydrogen-bond donors (Lipinski definition) is 1. The van der Waals surface area contributed by atoms with Gasteiger partial charge in [0.05, 0.1) is 18.6 Å². The van der Waals surface area contributed by atoms with Gasteiger partial charge in [-0.05, 0) is 37.6 Å². The van der Waals surface area contributed by atoms with Crippen molar-refractivity contribution in [3.8, 4) is 11.5 Å².